The van der Waals surface area contributed by atoms with Gasteiger partial charge in [-0.3, -0.25) is 9.59 Å². The molecule has 0 heterocycles. The first-order valence-electron chi connectivity index (χ1n) is 6.83. The maximum Gasteiger partial charge on any atom is 0.310 e. The van der Waals surface area contributed by atoms with Crippen LogP contribution in [0.4, 0.5) is 5.69 Å². The number of rotatable bonds is 3. The first-order chi connectivity index (χ1) is 9.70. The second-order valence-corrected chi connectivity index (χ2v) is 5.38. The number of amides is 1. The van der Waals surface area contributed by atoms with E-state index in [0.29, 0.717) is 0 Å². The van der Waals surface area contributed by atoms with E-state index in [9.17, 15) is 9.59 Å². The SMILES string of the molecule is COC(=O)C1C2C=CC(C2)C1C(=O)Nc1ccccc1. The number of methoxy groups -OCH3 is 1. The normalized spacial score (nSPS) is 30.2. The number of hydrogen-bond acceptors (Lipinski definition) is 3. The van der Waals surface area contributed by atoms with Crippen LogP contribution in [0.3, 0.4) is 0 Å². The van der Waals surface area contributed by atoms with Crippen LogP contribution in [0, 0.1) is 23.7 Å². The smallest absolute Gasteiger partial charge is 0.310 e. The number of carbonyl (C=O) groups excluding carboxylic acids is 2. The van der Waals surface area contributed by atoms with Crippen molar-refractivity contribution in [1.82, 2.24) is 0 Å². The Morgan fingerprint density at radius 1 is 1.10 bits per heavy atom. The van der Waals surface area contributed by atoms with Crippen LogP contribution in [0.15, 0.2) is 42.5 Å². The van der Waals surface area contributed by atoms with Crippen molar-refractivity contribution in [2.45, 2.75) is 6.42 Å². The van der Waals surface area contributed by atoms with Crippen molar-refractivity contribution < 1.29 is 14.3 Å². The number of fused-ring (bicyclic) bond motifs is 2. The Bertz CT molecular complexity index is 552. The number of para-hydroxylation sites is 1. The van der Waals surface area contributed by atoms with E-state index in [-0.39, 0.29) is 35.5 Å². The Morgan fingerprint density at radius 3 is 2.40 bits per heavy atom. The predicted octanol–water partition coefficient (Wildman–Crippen LogP) is 2.24. The molecule has 0 aliphatic heterocycles. The van der Waals surface area contributed by atoms with Crippen LogP contribution in [0.2, 0.25) is 0 Å². The molecule has 2 aliphatic carbocycles. The van der Waals surface area contributed by atoms with E-state index >= 15 is 0 Å². The van der Waals surface area contributed by atoms with E-state index in [1.165, 1.54) is 7.11 Å². The predicted molar refractivity (Wildman–Crippen MR) is 74.8 cm³/mol. The molecule has 1 N–H and O–H groups in total. The van der Waals surface area contributed by atoms with Gasteiger partial charge in [-0.2, -0.15) is 0 Å². The van der Waals surface area contributed by atoms with Gasteiger partial charge in [-0.25, -0.2) is 0 Å². The summed E-state index contributed by atoms with van der Waals surface area (Å²) >= 11 is 0. The molecule has 0 aromatic heterocycles. The lowest BCUT2D eigenvalue weighted by molar-refractivity contribution is -0.150. The summed E-state index contributed by atoms with van der Waals surface area (Å²) in [6.45, 7) is 0. The summed E-state index contributed by atoms with van der Waals surface area (Å²) in [6.07, 6.45) is 4.96. The van der Waals surface area contributed by atoms with E-state index in [1.807, 2.05) is 36.4 Å². The fourth-order valence-electron chi connectivity index (χ4n) is 3.38. The van der Waals surface area contributed by atoms with Crippen LogP contribution in [-0.4, -0.2) is 19.0 Å². The van der Waals surface area contributed by atoms with Crippen LogP contribution in [0.5, 0.6) is 0 Å². The van der Waals surface area contributed by atoms with E-state index in [0.717, 1.165) is 12.1 Å². The molecule has 0 radical (unpaired) electrons. The molecule has 4 atom stereocenters. The quantitative estimate of drug-likeness (QED) is 0.677. The molecule has 2 aliphatic rings. The number of carbonyl (C=O) groups is 2. The minimum atomic E-state index is -0.348. The molecule has 0 saturated heterocycles. The lowest BCUT2D eigenvalue weighted by Gasteiger charge is -2.25. The van der Waals surface area contributed by atoms with Crippen molar-refractivity contribution in [3.63, 3.8) is 0 Å². The molecule has 104 valence electrons. The molecule has 4 heteroatoms. The third-order valence-corrected chi connectivity index (χ3v) is 4.28. The van der Waals surface area contributed by atoms with Crippen molar-refractivity contribution in [2.24, 2.45) is 23.7 Å². The van der Waals surface area contributed by atoms with Crippen LogP contribution in [0.25, 0.3) is 0 Å². The average Bonchev–Trinajstić information content (AvgIpc) is 3.08. The second-order valence-electron chi connectivity index (χ2n) is 5.38. The lowest BCUT2D eigenvalue weighted by Crippen LogP contribution is -2.37. The Labute approximate surface area is 117 Å². The number of anilines is 1. The fraction of sp³-hybridized carbons (Fsp3) is 0.375. The highest BCUT2D eigenvalue weighted by atomic mass is 16.5. The van der Waals surface area contributed by atoms with Gasteiger partial charge in [0.15, 0.2) is 0 Å². The average molecular weight is 271 g/mol. The van der Waals surface area contributed by atoms with E-state index in [1.54, 1.807) is 0 Å². The van der Waals surface area contributed by atoms with Crippen LogP contribution in [-0.2, 0) is 14.3 Å². The van der Waals surface area contributed by atoms with Crippen molar-refractivity contribution in [2.75, 3.05) is 12.4 Å². The van der Waals surface area contributed by atoms with Crippen molar-refractivity contribution in [3.8, 4) is 0 Å². The van der Waals surface area contributed by atoms with Gasteiger partial charge in [-0.05, 0) is 30.4 Å². The van der Waals surface area contributed by atoms with Crippen molar-refractivity contribution in [1.29, 1.82) is 0 Å². The zero-order valence-corrected chi connectivity index (χ0v) is 11.3. The number of benzene rings is 1. The first kappa shape index (κ1) is 12.9. The molecule has 20 heavy (non-hydrogen) atoms. The molecule has 2 bridgehead atoms. The summed E-state index contributed by atoms with van der Waals surface area (Å²) in [4.78, 5) is 24.4. The largest absolute Gasteiger partial charge is 0.469 e. The summed E-state index contributed by atoms with van der Waals surface area (Å²) in [5.41, 5.74) is 0.757. The van der Waals surface area contributed by atoms with E-state index in [2.05, 4.69) is 11.4 Å². The highest BCUT2D eigenvalue weighted by molar-refractivity contribution is 5.96. The van der Waals surface area contributed by atoms with Crippen LogP contribution >= 0.6 is 0 Å². The van der Waals surface area contributed by atoms with Gasteiger partial charge in [0.05, 0.1) is 18.9 Å². The topological polar surface area (TPSA) is 55.4 Å². The fourth-order valence-corrected chi connectivity index (χ4v) is 3.38. The van der Waals surface area contributed by atoms with Crippen molar-refractivity contribution >= 4 is 17.6 Å². The van der Waals surface area contributed by atoms with Gasteiger partial charge in [0.25, 0.3) is 0 Å². The highest BCUT2D eigenvalue weighted by Gasteiger charge is 2.52. The number of allylic oxidation sites excluding steroid dienone is 2. The minimum absolute atomic E-state index is 0.0940. The van der Waals surface area contributed by atoms with Crippen LogP contribution in [0.1, 0.15) is 6.42 Å². The lowest BCUT2D eigenvalue weighted by atomic mass is 9.82. The number of ether oxygens (including phenoxy) is 1. The number of nitrogens with one attached hydrogen (secondary N) is 1. The molecule has 4 nitrogen and oxygen atoms in total. The number of esters is 1. The maximum absolute atomic E-state index is 12.5. The monoisotopic (exact) mass is 271 g/mol. The molecule has 1 fully saturated rings. The van der Waals surface area contributed by atoms with Crippen LogP contribution < -0.4 is 5.32 Å². The summed E-state index contributed by atoms with van der Waals surface area (Å²) < 4.78 is 4.86. The van der Waals surface area contributed by atoms with Gasteiger partial charge in [-0.15, -0.1) is 0 Å². The molecule has 3 rings (SSSR count). The molecule has 0 spiro atoms. The first-order valence-corrected chi connectivity index (χ1v) is 6.83. The van der Waals surface area contributed by atoms with Gasteiger partial charge >= 0.3 is 5.97 Å². The summed E-state index contributed by atoms with van der Waals surface area (Å²) in [5.74, 6) is -0.762. The molecule has 1 aromatic carbocycles. The van der Waals surface area contributed by atoms with E-state index in [4.69, 9.17) is 4.74 Å². The summed E-state index contributed by atoms with van der Waals surface area (Å²) in [5, 5.41) is 2.90. The zero-order chi connectivity index (χ0) is 14.1. The van der Waals surface area contributed by atoms with Gasteiger partial charge in [-0.1, -0.05) is 30.4 Å². The van der Waals surface area contributed by atoms with Crippen molar-refractivity contribution in [3.05, 3.63) is 42.5 Å². The Balaban J connectivity index is 1.79. The summed E-state index contributed by atoms with van der Waals surface area (Å²) in [7, 11) is 1.38. The molecule has 4 unspecified atom stereocenters. The van der Waals surface area contributed by atoms with Gasteiger partial charge < -0.3 is 10.1 Å². The third-order valence-electron chi connectivity index (χ3n) is 4.28. The Morgan fingerprint density at radius 2 is 1.75 bits per heavy atom. The Hall–Kier alpha value is -2.10. The van der Waals surface area contributed by atoms with Gasteiger partial charge in [0.1, 0.15) is 0 Å². The molecule has 1 aromatic rings. The molecular weight excluding hydrogens is 254 g/mol. The van der Waals surface area contributed by atoms with Gasteiger partial charge in [0.2, 0.25) is 5.91 Å². The zero-order valence-electron chi connectivity index (χ0n) is 11.3. The maximum atomic E-state index is 12.5. The molecule has 1 amide bonds. The minimum Gasteiger partial charge on any atom is -0.469 e. The molecular formula is C16H17NO3. The Kier molecular flexibility index (Phi) is 3.30. The van der Waals surface area contributed by atoms with E-state index < -0.39 is 0 Å². The highest BCUT2D eigenvalue weighted by Crippen LogP contribution is 2.48. The third kappa shape index (κ3) is 2.11. The standard InChI is InChI=1S/C16H17NO3/c1-20-16(19)14-11-8-7-10(9-11)13(14)15(18)17-12-5-3-2-4-6-12/h2-8,10-11,13-14H,9H2,1H3,(H,17,18). The number of hydrogen-bond donors (Lipinski definition) is 1. The molecule has 1 saturated carbocycles. The summed E-state index contributed by atoms with van der Waals surface area (Å²) in [6, 6.07) is 9.32. The van der Waals surface area contributed by atoms with Gasteiger partial charge in [0, 0.05) is 5.69 Å². The second kappa shape index (κ2) is 5.12.